The van der Waals surface area contributed by atoms with Gasteiger partial charge in [0.25, 0.3) is 0 Å². The lowest BCUT2D eigenvalue weighted by Crippen LogP contribution is -2.50. The van der Waals surface area contributed by atoms with E-state index in [2.05, 4.69) is 12.2 Å². The van der Waals surface area contributed by atoms with Gasteiger partial charge in [-0.05, 0) is 37.5 Å². The molecule has 0 radical (unpaired) electrons. The van der Waals surface area contributed by atoms with Crippen molar-refractivity contribution in [2.75, 3.05) is 18.6 Å². The van der Waals surface area contributed by atoms with Crippen molar-refractivity contribution in [3.63, 3.8) is 0 Å². The van der Waals surface area contributed by atoms with E-state index in [9.17, 15) is 9.59 Å². The van der Waals surface area contributed by atoms with Gasteiger partial charge in [-0.2, -0.15) is 0 Å². The number of amides is 2. The van der Waals surface area contributed by atoms with Gasteiger partial charge in [0, 0.05) is 24.2 Å². The van der Waals surface area contributed by atoms with E-state index >= 15 is 0 Å². The molecule has 2 bridgehead atoms. The second-order valence-electron chi connectivity index (χ2n) is 8.25. The number of methoxy groups -OCH3 is 1. The minimum absolute atomic E-state index is 0.0380. The van der Waals surface area contributed by atoms with E-state index in [-0.39, 0.29) is 35.9 Å². The zero-order chi connectivity index (χ0) is 18.3. The fourth-order valence-electron chi connectivity index (χ4n) is 5.93. The molecule has 1 unspecified atom stereocenters. The number of benzene rings is 1. The number of likely N-dealkylation sites (tertiary alicyclic amines) is 1. The molecule has 0 N–H and O–H groups in total. The SMILES string of the molecule is COc1ccc2c(c1)[C@@H](N1CCCC1=O)CC1N2C(=O)[C@@H]2C[C@H]3C=C[C@@]12O3. The molecule has 5 heterocycles. The van der Waals surface area contributed by atoms with Gasteiger partial charge in [0.15, 0.2) is 0 Å². The normalized spacial score (nSPS) is 38.4. The molecule has 1 aromatic carbocycles. The summed E-state index contributed by atoms with van der Waals surface area (Å²) in [5.41, 5.74) is 1.40. The average molecular weight is 366 g/mol. The number of ether oxygens (including phenoxy) is 2. The summed E-state index contributed by atoms with van der Waals surface area (Å²) in [5.74, 6) is 1.00. The van der Waals surface area contributed by atoms with Crippen molar-refractivity contribution in [2.45, 2.75) is 49.5 Å². The van der Waals surface area contributed by atoms with E-state index in [1.165, 1.54) is 0 Å². The van der Waals surface area contributed by atoms with Crippen LogP contribution in [0.5, 0.6) is 5.75 Å². The lowest BCUT2D eigenvalue weighted by atomic mass is 9.78. The summed E-state index contributed by atoms with van der Waals surface area (Å²) in [6.07, 6.45) is 7.26. The maximum Gasteiger partial charge on any atom is 0.233 e. The van der Waals surface area contributed by atoms with E-state index in [1.807, 2.05) is 28.0 Å². The fourth-order valence-corrected chi connectivity index (χ4v) is 5.93. The van der Waals surface area contributed by atoms with Crippen LogP contribution in [0.15, 0.2) is 30.4 Å². The van der Waals surface area contributed by atoms with Gasteiger partial charge in [-0.1, -0.05) is 12.2 Å². The molecule has 5 atom stereocenters. The van der Waals surface area contributed by atoms with Gasteiger partial charge in [-0.15, -0.1) is 0 Å². The minimum atomic E-state index is -0.527. The fraction of sp³-hybridized carbons (Fsp3) is 0.524. The second-order valence-corrected chi connectivity index (χ2v) is 8.25. The van der Waals surface area contributed by atoms with Crippen LogP contribution in [0.4, 0.5) is 5.69 Å². The van der Waals surface area contributed by atoms with Crippen molar-refractivity contribution < 1.29 is 19.1 Å². The smallest absolute Gasteiger partial charge is 0.233 e. The molecule has 3 saturated heterocycles. The van der Waals surface area contributed by atoms with Gasteiger partial charge >= 0.3 is 0 Å². The van der Waals surface area contributed by atoms with Crippen molar-refractivity contribution in [2.24, 2.45) is 5.92 Å². The third-order valence-corrected chi connectivity index (χ3v) is 7.09. The number of carbonyl (C=O) groups is 2. The largest absolute Gasteiger partial charge is 0.497 e. The van der Waals surface area contributed by atoms with Crippen LogP contribution in [0, 0.1) is 5.92 Å². The van der Waals surface area contributed by atoms with Crippen LogP contribution >= 0.6 is 0 Å². The molecule has 27 heavy (non-hydrogen) atoms. The highest BCUT2D eigenvalue weighted by atomic mass is 16.5. The van der Waals surface area contributed by atoms with E-state index in [0.717, 1.165) is 36.4 Å². The topological polar surface area (TPSA) is 59.1 Å². The van der Waals surface area contributed by atoms with Crippen LogP contribution in [0.2, 0.25) is 0 Å². The third-order valence-electron chi connectivity index (χ3n) is 7.09. The summed E-state index contributed by atoms with van der Waals surface area (Å²) in [5, 5.41) is 0. The van der Waals surface area contributed by atoms with Crippen molar-refractivity contribution >= 4 is 17.5 Å². The molecule has 0 aromatic heterocycles. The molecular formula is C21H22N2O4. The van der Waals surface area contributed by atoms with E-state index in [1.54, 1.807) is 7.11 Å². The lowest BCUT2D eigenvalue weighted by molar-refractivity contribution is -0.130. The van der Waals surface area contributed by atoms with Crippen molar-refractivity contribution in [1.82, 2.24) is 4.90 Å². The molecule has 6 nitrogen and oxygen atoms in total. The highest BCUT2D eigenvalue weighted by Gasteiger charge is 2.67. The number of nitrogens with zero attached hydrogens (tertiary/aromatic N) is 2. The highest BCUT2D eigenvalue weighted by molar-refractivity contribution is 6.02. The number of fused-ring (bicyclic) bond motifs is 4. The summed E-state index contributed by atoms with van der Waals surface area (Å²) >= 11 is 0. The highest BCUT2D eigenvalue weighted by Crippen LogP contribution is 2.58. The van der Waals surface area contributed by atoms with Crippen LogP contribution in [-0.4, -0.2) is 48.1 Å². The van der Waals surface area contributed by atoms with Gasteiger partial charge in [-0.25, -0.2) is 0 Å². The molecule has 3 fully saturated rings. The molecule has 5 aliphatic heterocycles. The Morgan fingerprint density at radius 3 is 2.89 bits per heavy atom. The summed E-state index contributed by atoms with van der Waals surface area (Å²) in [4.78, 5) is 29.8. The molecule has 0 aliphatic carbocycles. The Hall–Kier alpha value is -2.34. The van der Waals surface area contributed by atoms with Crippen LogP contribution < -0.4 is 9.64 Å². The summed E-state index contributed by atoms with van der Waals surface area (Å²) in [7, 11) is 1.64. The van der Waals surface area contributed by atoms with Gasteiger partial charge in [0.1, 0.15) is 11.4 Å². The van der Waals surface area contributed by atoms with Crippen LogP contribution in [-0.2, 0) is 14.3 Å². The van der Waals surface area contributed by atoms with Crippen molar-refractivity contribution in [3.8, 4) is 5.75 Å². The third kappa shape index (κ3) is 1.84. The van der Waals surface area contributed by atoms with E-state index in [0.29, 0.717) is 12.8 Å². The number of hydrogen-bond donors (Lipinski definition) is 0. The Balaban J connectivity index is 1.52. The first-order valence-electron chi connectivity index (χ1n) is 9.80. The molecule has 2 amide bonds. The van der Waals surface area contributed by atoms with Crippen molar-refractivity contribution in [3.05, 3.63) is 35.9 Å². The Morgan fingerprint density at radius 1 is 1.26 bits per heavy atom. The van der Waals surface area contributed by atoms with Gasteiger partial charge in [0.2, 0.25) is 11.8 Å². The maximum absolute atomic E-state index is 13.3. The molecule has 1 spiro atoms. The van der Waals surface area contributed by atoms with Crippen LogP contribution in [0.1, 0.15) is 37.3 Å². The standard InChI is InChI=1S/C21H22N2O4/c1-26-12-4-5-16-14(9-12)17(22-8-2-3-19(22)24)11-18-21-7-6-13(27-21)10-15(21)20(25)23(16)18/h4-7,9,13,15,17-18H,2-3,8,10-11H2,1H3/t13-,15+,17+,18?,21+/m1/s1. The lowest BCUT2D eigenvalue weighted by Gasteiger charge is -2.44. The number of hydrogen-bond acceptors (Lipinski definition) is 4. The zero-order valence-corrected chi connectivity index (χ0v) is 15.3. The Kier molecular flexibility index (Phi) is 2.98. The second kappa shape index (κ2) is 5.13. The van der Waals surface area contributed by atoms with E-state index < -0.39 is 5.60 Å². The first-order chi connectivity index (χ1) is 13.1. The van der Waals surface area contributed by atoms with Gasteiger partial charge in [-0.3, -0.25) is 9.59 Å². The molecule has 1 aromatic rings. The molecule has 0 saturated carbocycles. The Morgan fingerprint density at radius 2 is 2.15 bits per heavy atom. The minimum Gasteiger partial charge on any atom is -0.497 e. The molecule has 5 aliphatic rings. The summed E-state index contributed by atoms with van der Waals surface area (Å²) in [6, 6.07) is 5.77. The van der Waals surface area contributed by atoms with E-state index in [4.69, 9.17) is 9.47 Å². The summed E-state index contributed by atoms with van der Waals surface area (Å²) < 4.78 is 11.8. The first kappa shape index (κ1) is 15.7. The molecule has 6 heteroatoms. The first-order valence-corrected chi connectivity index (χ1v) is 9.80. The van der Waals surface area contributed by atoms with Gasteiger partial charge in [0.05, 0.1) is 31.2 Å². The predicted octanol–water partition coefficient (Wildman–Crippen LogP) is 2.19. The molecular weight excluding hydrogens is 344 g/mol. The van der Waals surface area contributed by atoms with Crippen LogP contribution in [0.25, 0.3) is 0 Å². The maximum atomic E-state index is 13.3. The molecule has 140 valence electrons. The number of anilines is 1. The quantitative estimate of drug-likeness (QED) is 0.753. The Labute approximate surface area is 157 Å². The van der Waals surface area contributed by atoms with Crippen molar-refractivity contribution in [1.29, 1.82) is 0 Å². The Bertz CT molecular complexity index is 896. The van der Waals surface area contributed by atoms with Crippen LogP contribution in [0.3, 0.4) is 0 Å². The predicted molar refractivity (Wildman–Crippen MR) is 97.4 cm³/mol. The number of rotatable bonds is 2. The average Bonchev–Trinajstić information content (AvgIpc) is 3.43. The van der Waals surface area contributed by atoms with Gasteiger partial charge < -0.3 is 19.3 Å². The monoisotopic (exact) mass is 366 g/mol. The summed E-state index contributed by atoms with van der Waals surface area (Å²) in [6.45, 7) is 0.774. The zero-order valence-electron chi connectivity index (χ0n) is 15.3. The number of carbonyl (C=O) groups excluding carboxylic acids is 2. The molecule has 6 rings (SSSR count).